The third kappa shape index (κ3) is 2.77. The van der Waals surface area contributed by atoms with Gasteiger partial charge in [0.05, 0.1) is 18.3 Å². The lowest BCUT2D eigenvalue weighted by molar-refractivity contribution is 0.509. The minimum absolute atomic E-state index is 0.0260. The summed E-state index contributed by atoms with van der Waals surface area (Å²) in [6, 6.07) is 5.34. The van der Waals surface area contributed by atoms with E-state index in [9.17, 15) is 4.79 Å². The fourth-order valence-electron chi connectivity index (χ4n) is 3.31. The van der Waals surface area contributed by atoms with Gasteiger partial charge in [-0.15, -0.1) is 11.3 Å². The van der Waals surface area contributed by atoms with Crippen LogP contribution in [0.25, 0.3) is 10.2 Å². The number of thiophene rings is 1. The third-order valence-electron chi connectivity index (χ3n) is 4.64. The van der Waals surface area contributed by atoms with Crippen LogP contribution < -0.4 is 5.56 Å². The predicted octanol–water partition coefficient (Wildman–Crippen LogP) is 4.94. The summed E-state index contributed by atoms with van der Waals surface area (Å²) < 4.78 is 1.64. The average molecular weight is 379 g/mol. The van der Waals surface area contributed by atoms with Crippen molar-refractivity contribution in [2.45, 2.75) is 32.7 Å². The molecule has 24 heavy (non-hydrogen) atoms. The minimum atomic E-state index is 0.0260. The lowest BCUT2D eigenvalue weighted by Crippen LogP contribution is -2.22. The molecule has 0 bridgehead atoms. The van der Waals surface area contributed by atoms with E-state index in [1.165, 1.54) is 10.4 Å². The molecule has 2 aromatic heterocycles. The summed E-state index contributed by atoms with van der Waals surface area (Å²) in [5, 5.41) is 1.95. The first-order valence-electron chi connectivity index (χ1n) is 7.96. The first kappa shape index (κ1) is 16.1. The standard InChI is InChI=1S/C18H16Cl2N2OS/c1-10-2-5-13-15(6-10)24-17-16(13)18(23)22(9-21-17)8-11-3-4-12(19)7-14(11)20/h3-4,7,9-10H,2,5-6,8H2,1H3. The topological polar surface area (TPSA) is 34.9 Å². The van der Waals surface area contributed by atoms with Crippen LogP contribution in [0, 0.1) is 5.92 Å². The summed E-state index contributed by atoms with van der Waals surface area (Å²) in [6.07, 6.45) is 4.79. The number of hydrogen-bond donors (Lipinski definition) is 0. The van der Waals surface area contributed by atoms with Crippen LogP contribution in [0.5, 0.6) is 0 Å². The highest BCUT2D eigenvalue weighted by atomic mass is 35.5. The first-order chi connectivity index (χ1) is 11.5. The van der Waals surface area contributed by atoms with Gasteiger partial charge in [-0.3, -0.25) is 9.36 Å². The Morgan fingerprint density at radius 3 is 3.00 bits per heavy atom. The molecule has 0 spiro atoms. The van der Waals surface area contributed by atoms with Crippen molar-refractivity contribution < 1.29 is 0 Å². The van der Waals surface area contributed by atoms with Crippen molar-refractivity contribution in [1.82, 2.24) is 9.55 Å². The van der Waals surface area contributed by atoms with E-state index >= 15 is 0 Å². The second-order valence-electron chi connectivity index (χ2n) is 6.45. The van der Waals surface area contributed by atoms with Gasteiger partial charge in [0.2, 0.25) is 0 Å². The Bertz CT molecular complexity index is 993. The van der Waals surface area contributed by atoms with Crippen LogP contribution in [0.3, 0.4) is 0 Å². The molecule has 0 fully saturated rings. The molecule has 1 aromatic carbocycles. The van der Waals surface area contributed by atoms with E-state index in [1.54, 1.807) is 34.4 Å². The summed E-state index contributed by atoms with van der Waals surface area (Å²) in [5.41, 5.74) is 2.10. The summed E-state index contributed by atoms with van der Waals surface area (Å²) in [6.45, 7) is 2.67. The van der Waals surface area contributed by atoms with Crippen molar-refractivity contribution in [1.29, 1.82) is 0 Å². The number of aryl methyl sites for hydroxylation is 1. The highest BCUT2D eigenvalue weighted by Gasteiger charge is 2.23. The van der Waals surface area contributed by atoms with Gasteiger partial charge >= 0.3 is 0 Å². The van der Waals surface area contributed by atoms with Gasteiger partial charge in [0, 0.05) is 14.9 Å². The first-order valence-corrected chi connectivity index (χ1v) is 9.54. The smallest absolute Gasteiger partial charge is 0.262 e. The van der Waals surface area contributed by atoms with E-state index in [-0.39, 0.29) is 5.56 Å². The fraction of sp³-hybridized carbons (Fsp3) is 0.333. The fourth-order valence-corrected chi connectivity index (χ4v) is 5.12. The Hall–Kier alpha value is -1.36. The molecule has 1 unspecified atom stereocenters. The number of fused-ring (bicyclic) bond motifs is 3. The maximum atomic E-state index is 13.0. The van der Waals surface area contributed by atoms with E-state index in [2.05, 4.69) is 11.9 Å². The quantitative estimate of drug-likeness (QED) is 0.632. The lowest BCUT2D eigenvalue weighted by atomic mass is 9.89. The van der Waals surface area contributed by atoms with E-state index in [1.807, 2.05) is 6.07 Å². The van der Waals surface area contributed by atoms with Crippen LogP contribution in [-0.2, 0) is 19.4 Å². The zero-order valence-corrected chi connectivity index (χ0v) is 15.5. The van der Waals surface area contributed by atoms with Crippen molar-refractivity contribution in [3.05, 3.63) is 60.9 Å². The molecule has 1 aliphatic rings. The summed E-state index contributed by atoms with van der Waals surface area (Å²) >= 11 is 13.9. The zero-order valence-electron chi connectivity index (χ0n) is 13.2. The van der Waals surface area contributed by atoms with Crippen LogP contribution in [-0.4, -0.2) is 9.55 Å². The molecule has 124 valence electrons. The van der Waals surface area contributed by atoms with Gasteiger partial charge in [-0.2, -0.15) is 0 Å². The molecule has 6 heteroatoms. The highest BCUT2D eigenvalue weighted by molar-refractivity contribution is 7.18. The Morgan fingerprint density at radius 2 is 2.21 bits per heavy atom. The minimum Gasteiger partial charge on any atom is -0.294 e. The van der Waals surface area contributed by atoms with Gasteiger partial charge in [-0.05, 0) is 48.4 Å². The van der Waals surface area contributed by atoms with E-state index < -0.39 is 0 Å². The Morgan fingerprint density at radius 1 is 1.38 bits per heavy atom. The molecule has 0 aliphatic heterocycles. The SMILES string of the molecule is CC1CCc2c(sc3ncn(Cc4ccc(Cl)cc4Cl)c(=O)c23)C1. The van der Waals surface area contributed by atoms with Gasteiger partial charge in [-0.1, -0.05) is 36.2 Å². The zero-order chi connectivity index (χ0) is 16.8. The Kier molecular flexibility index (Phi) is 4.15. The van der Waals surface area contributed by atoms with Gasteiger partial charge in [0.25, 0.3) is 5.56 Å². The van der Waals surface area contributed by atoms with Gasteiger partial charge < -0.3 is 0 Å². The number of halogens is 2. The van der Waals surface area contributed by atoms with Crippen molar-refractivity contribution >= 4 is 44.8 Å². The van der Waals surface area contributed by atoms with Gasteiger partial charge in [0.15, 0.2) is 0 Å². The van der Waals surface area contributed by atoms with Gasteiger partial charge in [-0.25, -0.2) is 4.98 Å². The molecule has 0 N–H and O–H groups in total. The summed E-state index contributed by atoms with van der Waals surface area (Å²) in [5.74, 6) is 0.681. The second kappa shape index (κ2) is 6.17. The molecule has 1 atom stereocenters. The average Bonchev–Trinajstić information content (AvgIpc) is 2.90. The molecule has 3 nitrogen and oxygen atoms in total. The summed E-state index contributed by atoms with van der Waals surface area (Å²) in [4.78, 5) is 19.7. The van der Waals surface area contributed by atoms with E-state index in [0.29, 0.717) is 22.5 Å². The maximum absolute atomic E-state index is 13.0. The number of nitrogens with zero attached hydrogens (tertiary/aromatic N) is 2. The molecule has 2 heterocycles. The normalized spacial score (nSPS) is 17.2. The van der Waals surface area contributed by atoms with Gasteiger partial charge in [0.1, 0.15) is 4.83 Å². The molecule has 0 amide bonds. The number of benzene rings is 1. The third-order valence-corrected chi connectivity index (χ3v) is 6.39. The molecule has 0 radical (unpaired) electrons. The van der Waals surface area contributed by atoms with Crippen LogP contribution in [0.15, 0.2) is 29.3 Å². The number of hydrogen-bond acceptors (Lipinski definition) is 3. The molecular formula is C18H16Cl2N2OS. The molecule has 0 saturated carbocycles. The van der Waals surface area contributed by atoms with Crippen LogP contribution in [0.2, 0.25) is 10.0 Å². The molecule has 0 saturated heterocycles. The molecule has 3 aromatic rings. The van der Waals surface area contributed by atoms with Crippen molar-refractivity contribution in [3.63, 3.8) is 0 Å². The summed E-state index contributed by atoms with van der Waals surface area (Å²) in [7, 11) is 0. The van der Waals surface area contributed by atoms with Crippen molar-refractivity contribution in [3.8, 4) is 0 Å². The van der Waals surface area contributed by atoms with Crippen LogP contribution in [0.1, 0.15) is 29.3 Å². The largest absolute Gasteiger partial charge is 0.294 e. The number of aromatic nitrogens is 2. The van der Waals surface area contributed by atoms with E-state index in [0.717, 1.165) is 35.0 Å². The van der Waals surface area contributed by atoms with Crippen molar-refractivity contribution in [2.24, 2.45) is 5.92 Å². The van der Waals surface area contributed by atoms with Crippen LogP contribution >= 0.6 is 34.5 Å². The Balaban J connectivity index is 1.80. The maximum Gasteiger partial charge on any atom is 0.262 e. The monoisotopic (exact) mass is 378 g/mol. The molecule has 4 rings (SSSR count). The highest BCUT2D eigenvalue weighted by Crippen LogP contribution is 2.35. The Labute approximate surface area is 153 Å². The molecular weight excluding hydrogens is 363 g/mol. The van der Waals surface area contributed by atoms with Crippen LogP contribution in [0.4, 0.5) is 0 Å². The number of rotatable bonds is 2. The predicted molar refractivity (Wildman–Crippen MR) is 101 cm³/mol. The second-order valence-corrected chi connectivity index (χ2v) is 8.37. The molecule has 1 aliphatic carbocycles. The van der Waals surface area contributed by atoms with E-state index in [4.69, 9.17) is 23.2 Å². The van der Waals surface area contributed by atoms with Crippen molar-refractivity contribution in [2.75, 3.05) is 0 Å². The lowest BCUT2D eigenvalue weighted by Gasteiger charge is -2.17.